The first-order valence-corrected chi connectivity index (χ1v) is 6.09. The second-order valence-electron chi connectivity index (χ2n) is 3.70. The molecule has 0 fully saturated rings. The number of hydrogen-bond donors (Lipinski definition) is 1. The van der Waals surface area contributed by atoms with E-state index < -0.39 is 0 Å². The molecular formula is C12H12N4S. The predicted octanol–water partition coefficient (Wildman–Crippen LogP) is 2.92. The van der Waals surface area contributed by atoms with Crippen LogP contribution in [0.2, 0.25) is 0 Å². The number of nitrogens with zero attached hydrogens (tertiary/aromatic N) is 3. The third-order valence-electron chi connectivity index (χ3n) is 2.23. The van der Waals surface area contributed by atoms with E-state index in [1.807, 2.05) is 37.3 Å². The molecule has 1 aromatic heterocycles. The van der Waals surface area contributed by atoms with Gasteiger partial charge in [-0.05, 0) is 6.92 Å². The molecule has 0 spiro atoms. The number of anilines is 1. The number of rotatable bonds is 4. The van der Waals surface area contributed by atoms with Crippen LogP contribution >= 0.6 is 11.5 Å². The Morgan fingerprint density at radius 3 is 2.88 bits per heavy atom. The molecule has 1 N–H and O–H groups in total. The van der Waals surface area contributed by atoms with E-state index in [1.54, 1.807) is 0 Å². The van der Waals surface area contributed by atoms with Gasteiger partial charge in [-0.2, -0.15) is 14.6 Å². The summed E-state index contributed by atoms with van der Waals surface area (Å²) in [6.45, 7) is 1.95. The molecule has 0 bridgehead atoms. The minimum absolute atomic E-state index is 0.0940. The molecule has 1 heterocycles. The molecule has 86 valence electrons. The summed E-state index contributed by atoms with van der Waals surface area (Å²) in [7, 11) is 0. The molecule has 2 rings (SSSR count). The maximum atomic E-state index is 8.58. The quantitative estimate of drug-likeness (QED) is 0.898. The van der Waals surface area contributed by atoms with Gasteiger partial charge in [0.15, 0.2) is 5.82 Å². The topological polar surface area (TPSA) is 61.6 Å². The van der Waals surface area contributed by atoms with E-state index in [0.717, 1.165) is 16.5 Å². The molecule has 0 aliphatic heterocycles. The van der Waals surface area contributed by atoms with Crippen LogP contribution in [0.3, 0.4) is 0 Å². The fourth-order valence-electron chi connectivity index (χ4n) is 1.39. The van der Waals surface area contributed by atoms with Crippen molar-refractivity contribution >= 4 is 16.7 Å². The lowest BCUT2D eigenvalue weighted by molar-refractivity contribution is 0.819. The lowest BCUT2D eigenvalue weighted by Gasteiger charge is -2.06. The third kappa shape index (κ3) is 3.02. The highest BCUT2D eigenvalue weighted by Crippen LogP contribution is 2.21. The minimum Gasteiger partial charge on any atom is -0.357 e. The van der Waals surface area contributed by atoms with Crippen LogP contribution in [0.25, 0.3) is 11.4 Å². The zero-order valence-corrected chi connectivity index (χ0v) is 10.2. The van der Waals surface area contributed by atoms with Gasteiger partial charge in [0.25, 0.3) is 0 Å². The summed E-state index contributed by atoms with van der Waals surface area (Å²) in [5.41, 5.74) is 1.00. The molecule has 0 saturated carbocycles. The number of hydrogen-bond acceptors (Lipinski definition) is 5. The third-order valence-corrected chi connectivity index (χ3v) is 2.87. The van der Waals surface area contributed by atoms with Gasteiger partial charge >= 0.3 is 0 Å². The molecular weight excluding hydrogens is 232 g/mol. The highest BCUT2D eigenvalue weighted by molar-refractivity contribution is 7.09. The maximum Gasteiger partial charge on any atom is 0.203 e. The second-order valence-corrected chi connectivity index (χ2v) is 4.45. The normalized spacial score (nSPS) is 11.8. The number of nitriles is 1. The van der Waals surface area contributed by atoms with Gasteiger partial charge in [-0.3, -0.25) is 0 Å². The Morgan fingerprint density at radius 1 is 1.41 bits per heavy atom. The molecule has 17 heavy (non-hydrogen) atoms. The van der Waals surface area contributed by atoms with Gasteiger partial charge in [-0.1, -0.05) is 30.3 Å². The average molecular weight is 244 g/mol. The van der Waals surface area contributed by atoms with Gasteiger partial charge < -0.3 is 5.32 Å². The van der Waals surface area contributed by atoms with Crippen molar-refractivity contribution < 1.29 is 0 Å². The predicted molar refractivity (Wildman–Crippen MR) is 68.7 cm³/mol. The van der Waals surface area contributed by atoms with Crippen molar-refractivity contribution in [2.24, 2.45) is 0 Å². The van der Waals surface area contributed by atoms with E-state index in [4.69, 9.17) is 5.26 Å². The van der Waals surface area contributed by atoms with E-state index in [9.17, 15) is 0 Å². The van der Waals surface area contributed by atoms with E-state index in [0.29, 0.717) is 6.42 Å². The van der Waals surface area contributed by atoms with E-state index >= 15 is 0 Å². The van der Waals surface area contributed by atoms with Crippen LogP contribution in [0.15, 0.2) is 30.3 Å². The monoisotopic (exact) mass is 244 g/mol. The maximum absolute atomic E-state index is 8.58. The lowest BCUT2D eigenvalue weighted by atomic mass is 10.2. The Bertz CT molecular complexity index is 515. The van der Waals surface area contributed by atoms with Crippen LogP contribution < -0.4 is 5.32 Å². The van der Waals surface area contributed by atoms with Gasteiger partial charge in [0.05, 0.1) is 12.5 Å². The molecule has 0 unspecified atom stereocenters. The number of aromatic nitrogens is 2. The minimum atomic E-state index is 0.0940. The van der Waals surface area contributed by atoms with Crippen LogP contribution in [0.4, 0.5) is 5.13 Å². The summed E-state index contributed by atoms with van der Waals surface area (Å²) in [6.07, 6.45) is 0.459. The van der Waals surface area contributed by atoms with Crippen LogP contribution in [-0.2, 0) is 0 Å². The Morgan fingerprint density at radius 2 is 2.18 bits per heavy atom. The van der Waals surface area contributed by atoms with E-state index in [-0.39, 0.29) is 6.04 Å². The van der Waals surface area contributed by atoms with Gasteiger partial charge in [-0.25, -0.2) is 0 Å². The van der Waals surface area contributed by atoms with Crippen molar-refractivity contribution in [2.75, 3.05) is 5.32 Å². The van der Waals surface area contributed by atoms with Gasteiger partial charge in [0.1, 0.15) is 0 Å². The summed E-state index contributed by atoms with van der Waals surface area (Å²) in [4.78, 5) is 4.39. The Balaban J connectivity index is 2.09. The van der Waals surface area contributed by atoms with Gasteiger partial charge in [-0.15, -0.1) is 0 Å². The zero-order valence-electron chi connectivity index (χ0n) is 9.42. The van der Waals surface area contributed by atoms with Crippen molar-refractivity contribution in [3.63, 3.8) is 0 Å². The van der Waals surface area contributed by atoms with Crippen LogP contribution in [0.5, 0.6) is 0 Å². The van der Waals surface area contributed by atoms with Gasteiger partial charge in [0.2, 0.25) is 5.13 Å². The summed E-state index contributed by atoms with van der Waals surface area (Å²) >= 11 is 1.32. The molecule has 0 aliphatic rings. The first-order chi connectivity index (χ1) is 8.29. The van der Waals surface area contributed by atoms with Crippen LogP contribution in [0, 0.1) is 11.3 Å². The SMILES string of the molecule is C[C@@H](CC#N)Nc1nc(-c2ccccc2)ns1. The number of nitrogens with one attached hydrogen (secondary N) is 1. The molecule has 5 heteroatoms. The van der Waals surface area contributed by atoms with Crippen LogP contribution in [-0.4, -0.2) is 15.4 Å². The average Bonchev–Trinajstić information content (AvgIpc) is 2.79. The van der Waals surface area contributed by atoms with Crippen molar-refractivity contribution in [2.45, 2.75) is 19.4 Å². The largest absolute Gasteiger partial charge is 0.357 e. The first-order valence-electron chi connectivity index (χ1n) is 5.32. The lowest BCUT2D eigenvalue weighted by Crippen LogP contribution is -2.13. The highest BCUT2D eigenvalue weighted by Gasteiger charge is 2.08. The number of benzene rings is 1. The molecule has 0 radical (unpaired) electrons. The Labute approximate surface area is 104 Å². The first kappa shape index (κ1) is 11.6. The highest BCUT2D eigenvalue weighted by atomic mass is 32.1. The Kier molecular flexibility index (Phi) is 3.68. The summed E-state index contributed by atoms with van der Waals surface area (Å²) in [6, 6.07) is 12.1. The standard InChI is InChI=1S/C12H12N4S/c1-9(7-8-13)14-12-15-11(16-17-12)10-5-3-2-4-6-10/h2-6,9H,7H2,1H3,(H,14,15,16)/t9-/m0/s1. The molecule has 2 aromatic rings. The molecule has 0 amide bonds. The van der Waals surface area contributed by atoms with E-state index in [1.165, 1.54) is 11.5 Å². The van der Waals surface area contributed by atoms with Crippen molar-refractivity contribution in [1.29, 1.82) is 5.26 Å². The molecule has 1 atom stereocenters. The fourth-order valence-corrected chi connectivity index (χ4v) is 2.09. The van der Waals surface area contributed by atoms with Crippen LogP contribution in [0.1, 0.15) is 13.3 Å². The smallest absolute Gasteiger partial charge is 0.203 e. The molecule has 0 aliphatic carbocycles. The summed E-state index contributed by atoms with van der Waals surface area (Å²) in [5, 5.41) is 12.5. The van der Waals surface area contributed by atoms with Crippen molar-refractivity contribution in [3.8, 4) is 17.5 Å². The van der Waals surface area contributed by atoms with Gasteiger partial charge in [0, 0.05) is 23.1 Å². The summed E-state index contributed by atoms with van der Waals surface area (Å²) < 4.78 is 4.28. The zero-order chi connectivity index (χ0) is 12.1. The molecule has 0 saturated heterocycles. The Hall–Kier alpha value is -1.93. The van der Waals surface area contributed by atoms with Crippen molar-refractivity contribution in [1.82, 2.24) is 9.36 Å². The second kappa shape index (κ2) is 5.41. The summed E-state index contributed by atoms with van der Waals surface area (Å²) in [5.74, 6) is 0.724. The van der Waals surface area contributed by atoms with E-state index in [2.05, 4.69) is 20.7 Å². The molecule has 4 nitrogen and oxygen atoms in total. The van der Waals surface area contributed by atoms with Crippen molar-refractivity contribution in [3.05, 3.63) is 30.3 Å². The fraction of sp³-hybridized carbons (Fsp3) is 0.250. The molecule has 1 aromatic carbocycles.